The lowest BCUT2D eigenvalue weighted by Gasteiger charge is -2.04. The third-order valence-electron chi connectivity index (χ3n) is 1.92. The second-order valence-corrected chi connectivity index (χ2v) is 3.55. The Hall–Kier alpha value is -1.33. The largest absolute Gasteiger partial charge is 0.419 e. The summed E-state index contributed by atoms with van der Waals surface area (Å²) < 4.78 is 37.5. The van der Waals surface area contributed by atoms with Crippen LogP contribution >= 0.6 is 0 Å². The Kier molecular flexibility index (Phi) is 3.16. The van der Waals surface area contributed by atoms with Crippen LogP contribution < -0.4 is 0 Å². The molecule has 0 radical (unpaired) electrons. The van der Waals surface area contributed by atoms with Gasteiger partial charge in [0.2, 0.25) is 0 Å². The van der Waals surface area contributed by atoms with Gasteiger partial charge in [-0.2, -0.15) is 18.3 Å². The quantitative estimate of drug-likeness (QED) is 0.782. The van der Waals surface area contributed by atoms with Crippen LogP contribution in [-0.4, -0.2) is 15.6 Å². The number of nitrogens with zero attached hydrogens (tertiary/aromatic N) is 2. The van der Waals surface area contributed by atoms with Crippen LogP contribution in [-0.2, 0) is 17.5 Å². The molecule has 1 aromatic rings. The van der Waals surface area contributed by atoms with Crippen LogP contribution in [0.15, 0.2) is 12.4 Å². The number of ketones is 1. The van der Waals surface area contributed by atoms with Crippen LogP contribution in [0, 0.1) is 5.92 Å². The summed E-state index contributed by atoms with van der Waals surface area (Å²) in [7, 11) is 0. The van der Waals surface area contributed by atoms with Crippen LogP contribution in [0.4, 0.5) is 13.2 Å². The number of alkyl halides is 3. The molecule has 0 saturated carbocycles. The van der Waals surface area contributed by atoms with E-state index in [2.05, 4.69) is 5.10 Å². The first-order valence-electron chi connectivity index (χ1n) is 4.43. The van der Waals surface area contributed by atoms with Gasteiger partial charge in [-0.25, -0.2) is 0 Å². The minimum atomic E-state index is -4.40. The van der Waals surface area contributed by atoms with Crippen LogP contribution in [0.1, 0.15) is 19.4 Å². The second-order valence-electron chi connectivity index (χ2n) is 3.55. The van der Waals surface area contributed by atoms with Crippen LogP contribution in [0.3, 0.4) is 0 Å². The molecular formula is C9H11F3N2O. The molecule has 0 N–H and O–H groups in total. The Morgan fingerprint density at radius 2 is 2.13 bits per heavy atom. The molecule has 0 spiro atoms. The van der Waals surface area contributed by atoms with Crippen LogP contribution in [0.2, 0.25) is 0 Å². The molecule has 0 aliphatic heterocycles. The number of aromatic nitrogens is 2. The molecule has 0 bridgehead atoms. The van der Waals surface area contributed by atoms with E-state index < -0.39 is 11.7 Å². The van der Waals surface area contributed by atoms with Crippen molar-refractivity contribution in [1.29, 1.82) is 0 Å². The van der Waals surface area contributed by atoms with Gasteiger partial charge in [-0.05, 0) is 0 Å². The Morgan fingerprint density at radius 1 is 1.53 bits per heavy atom. The van der Waals surface area contributed by atoms with Gasteiger partial charge >= 0.3 is 6.18 Å². The second kappa shape index (κ2) is 4.04. The van der Waals surface area contributed by atoms with E-state index >= 15 is 0 Å². The van der Waals surface area contributed by atoms with E-state index in [4.69, 9.17) is 0 Å². The van der Waals surface area contributed by atoms with Gasteiger partial charge in [0.05, 0.1) is 18.3 Å². The van der Waals surface area contributed by atoms with Crippen molar-refractivity contribution >= 4 is 5.78 Å². The van der Waals surface area contributed by atoms with Crippen molar-refractivity contribution in [3.05, 3.63) is 18.0 Å². The molecule has 0 atom stereocenters. The molecule has 6 heteroatoms. The van der Waals surface area contributed by atoms with Crippen molar-refractivity contribution in [3.8, 4) is 0 Å². The molecule has 0 saturated heterocycles. The van der Waals surface area contributed by atoms with E-state index in [1.165, 1.54) is 0 Å². The highest BCUT2D eigenvalue weighted by Gasteiger charge is 2.32. The molecule has 0 amide bonds. The van der Waals surface area contributed by atoms with Gasteiger partial charge < -0.3 is 0 Å². The average Bonchev–Trinajstić information content (AvgIpc) is 2.51. The monoisotopic (exact) mass is 220 g/mol. The van der Waals surface area contributed by atoms with Crippen molar-refractivity contribution < 1.29 is 18.0 Å². The van der Waals surface area contributed by atoms with E-state index in [9.17, 15) is 18.0 Å². The molecule has 1 heterocycles. The van der Waals surface area contributed by atoms with E-state index in [1.807, 2.05) is 0 Å². The van der Waals surface area contributed by atoms with E-state index in [0.29, 0.717) is 6.20 Å². The zero-order valence-corrected chi connectivity index (χ0v) is 8.38. The molecule has 0 fully saturated rings. The number of hydrogen-bond donors (Lipinski definition) is 0. The number of halogens is 3. The molecule has 15 heavy (non-hydrogen) atoms. The fourth-order valence-electron chi connectivity index (χ4n) is 0.939. The first-order valence-corrected chi connectivity index (χ1v) is 4.43. The van der Waals surface area contributed by atoms with Crippen molar-refractivity contribution in [2.24, 2.45) is 5.92 Å². The van der Waals surface area contributed by atoms with Crippen molar-refractivity contribution in [1.82, 2.24) is 9.78 Å². The summed E-state index contributed by atoms with van der Waals surface area (Å²) >= 11 is 0. The van der Waals surface area contributed by atoms with E-state index in [0.717, 1.165) is 10.9 Å². The predicted molar refractivity (Wildman–Crippen MR) is 47.1 cm³/mol. The number of carbonyl (C=O) groups excluding carboxylic acids is 1. The summed E-state index contributed by atoms with van der Waals surface area (Å²) in [6.45, 7) is 3.26. The van der Waals surface area contributed by atoms with E-state index in [1.54, 1.807) is 13.8 Å². The Balaban J connectivity index is 2.73. The average molecular weight is 220 g/mol. The predicted octanol–water partition coefficient (Wildman–Crippen LogP) is 2.13. The summed E-state index contributed by atoms with van der Waals surface area (Å²) in [6, 6.07) is 0. The zero-order valence-electron chi connectivity index (χ0n) is 8.38. The van der Waals surface area contributed by atoms with Crippen LogP contribution in [0.5, 0.6) is 0 Å². The SMILES string of the molecule is CC(C)C(=O)Cn1cc(C(F)(F)F)cn1. The molecule has 3 nitrogen and oxygen atoms in total. The van der Waals surface area contributed by atoms with Gasteiger partial charge in [0.25, 0.3) is 0 Å². The highest BCUT2D eigenvalue weighted by molar-refractivity contribution is 5.79. The molecule has 1 rings (SSSR count). The summed E-state index contributed by atoms with van der Waals surface area (Å²) in [6.07, 6.45) is -2.85. The molecule has 0 aliphatic rings. The highest BCUT2D eigenvalue weighted by Crippen LogP contribution is 2.28. The first kappa shape index (κ1) is 11.7. The fourth-order valence-corrected chi connectivity index (χ4v) is 0.939. The van der Waals surface area contributed by atoms with Gasteiger partial charge in [0.15, 0.2) is 5.78 Å². The normalized spacial score (nSPS) is 12.1. The number of rotatable bonds is 3. The van der Waals surface area contributed by atoms with Gasteiger partial charge in [0, 0.05) is 12.1 Å². The third-order valence-corrected chi connectivity index (χ3v) is 1.92. The Labute approximate surface area is 84.9 Å². The van der Waals surface area contributed by atoms with Crippen LogP contribution in [0.25, 0.3) is 0 Å². The maximum Gasteiger partial charge on any atom is 0.419 e. The highest BCUT2D eigenvalue weighted by atomic mass is 19.4. The molecule has 0 unspecified atom stereocenters. The summed E-state index contributed by atoms with van der Waals surface area (Å²) in [5, 5.41) is 3.48. The topological polar surface area (TPSA) is 34.9 Å². The lowest BCUT2D eigenvalue weighted by molar-refractivity contribution is -0.137. The van der Waals surface area contributed by atoms with E-state index in [-0.39, 0.29) is 18.2 Å². The molecular weight excluding hydrogens is 209 g/mol. The molecule has 84 valence electrons. The lowest BCUT2D eigenvalue weighted by atomic mass is 10.1. The maximum atomic E-state index is 12.2. The van der Waals surface area contributed by atoms with Crippen molar-refractivity contribution in [2.75, 3.05) is 0 Å². The number of hydrogen-bond acceptors (Lipinski definition) is 2. The fraction of sp³-hybridized carbons (Fsp3) is 0.556. The zero-order chi connectivity index (χ0) is 11.6. The molecule has 0 aromatic carbocycles. The minimum absolute atomic E-state index is 0.117. The smallest absolute Gasteiger partial charge is 0.297 e. The third kappa shape index (κ3) is 3.07. The Bertz CT molecular complexity index is 354. The summed E-state index contributed by atoms with van der Waals surface area (Å²) in [4.78, 5) is 11.2. The lowest BCUT2D eigenvalue weighted by Crippen LogP contribution is -2.15. The first-order chi connectivity index (χ1) is 6.80. The minimum Gasteiger partial charge on any atom is -0.297 e. The summed E-state index contributed by atoms with van der Waals surface area (Å²) in [5.74, 6) is -0.352. The van der Waals surface area contributed by atoms with Crippen molar-refractivity contribution in [3.63, 3.8) is 0 Å². The Morgan fingerprint density at radius 3 is 2.53 bits per heavy atom. The van der Waals surface area contributed by atoms with Gasteiger partial charge in [-0.1, -0.05) is 13.8 Å². The molecule has 0 aliphatic carbocycles. The summed E-state index contributed by atoms with van der Waals surface area (Å²) in [5.41, 5.74) is -0.834. The standard InChI is InChI=1S/C9H11F3N2O/c1-6(2)8(15)5-14-4-7(3-13-14)9(10,11)12/h3-4,6H,5H2,1-2H3. The van der Waals surface area contributed by atoms with Gasteiger partial charge in [0.1, 0.15) is 0 Å². The number of Topliss-reactive ketones (excluding diaryl/α,β-unsaturated/α-hetero) is 1. The molecule has 1 aromatic heterocycles. The van der Waals surface area contributed by atoms with Crippen molar-refractivity contribution in [2.45, 2.75) is 26.6 Å². The number of carbonyl (C=O) groups is 1. The van der Waals surface area contributed by atoms with Gasteiger partial charge in [-0.3, -0.25) is 9.48 Å². The maximum absolute atomic E-state index is 12.2. The van der Waals surface area contributed by atoms with Gasteiger partial charge in [-0.15, -0.1) is 0 Å².